The Bertz CT molecular complexity index is 431. The van der Waals surface area contributed by atoms with Gasteiger partial charge in [0.1, 0.15) is 5.75 Å². The molecule has 1 atom stereocenters. The molecule has 0 saturated carbocycles. The van der Waals surface area contributed by atoms with Crippen molar-refractivity contribution in [2.24, 2.45) is 0 Å². The van der Waals surface area contributed by atoms with Gasteiger partial charge in [-0.2, -0.15) is 0 Å². The molecule has 92 valence electrons. The van der Waals surface area contributed by atoms with Crippen molar-refractivity contribution in [2.45, 2.75) is 19.9 Å². The van der Waals surface area contributed by atoms with E-state index in [-0.39, 0.29) is 17.7 Å². The molecule has 1 saturated heterocycles. The summed E-state index contributed by atoms with van der Waals surface area (Å²) in [4.78, 5) is 14.2. The molecule has 1 amide bonds. The molecule has 0 spiro atoms. The standard InChI is InChI=1S/C13H18N2O2/c1-9-8-14-6-7-15(9)13(17)11-4-3-5-12(16)10(11)2/h3-5,9,14,16H,6-8H2,1-2H3/t9-/m1/s1. The fourth-order valence-electron chi connectivity index (χ4n) is 2.15. The Morgan fingerprint density at radius 3 is 3.00 bits per heavy atom. The van der Waals surface area contributed by atoms with Gasteiger partial charge in [-0.3, -0.25) is 4.79 Å². The molecule has 0 bridgehead atoms. The fourth-order valence-corrected chi connectivity index (χ4v) is 2.15. The van der Waals surface area contributed by atoms with E-state index in [1.165, 1.54) is 0 Å². The molecule has 2 rings (SSSR count). The maximum Gasteiger partial charge on any atom is 0.254 e. The van der Waals surface area contributed by atoms with E-state index >= 15 is 0 Å². The lowest BCUT2D eigenvalue weighted by atomic mass is 10.0. The van der Waals surface area contributed by atoms with Crippen LogP contribution in [-0.2, 0) is 0 Å². The minimum atomic E-state index is 0.00685. The highest BCUT2D eigenvalue weighted by Crippen LogP contribution is 2.21. The summed E-state index contributed by atoms with van der Waals surface area (Å²) >= 11 is 0. The number of nitrogens with zero attached hydrogens (tertiary/aromatic N) is 1. The molecule has 1 aliphatic heterocycles. The number of aromatic hydroxyl groups is 1. The number of phenolic OH excluding ortho intramolecular Hbond substituents is 1. The van der Waals surface area contributed by atoms with Gasteiger partial charge in [0.05, 0.1) is 0 Å². The molecule has 2 N–H and O–H groups in total. The van der Waals surface area contributed by atoms with Crippen LogP contribution in [0.1, 0.15) is 22.8 Å². The Balaban J connectivity index is 2.27. The molecule has 1 aliphatic rings. The first kappa shape index (κ1) is 11.9. The van der Waals surface area contributed by atoms with Gasteiger partial charge in [0.15, 0.2) is 0 Å². The summed E-state index contributed by atoms with van der Waals surface area (Å²) in [6.07, 6.45) is 0. The summed E-state index contributed by atoms with van der Waals surface area (Å²) in [5, 5.41) is 12.9. The van der Waals surface area contributed by atoms with E-state index < -0.39 is 0 Å². The Morgan fingerprint density at radius 2 is 2.29 bits per heavy atom. The van der Waals surface area contributed by atoms with Crippen LogP contribution in [0, 0.1) is 6.92 Å². The van der Waals surface area contributed by atoms with Crippen molar-refractivity contribution < 1.29 is 9.90 Å². The maximum absolute atomic E-state index is 12.4. The smallest absolute Gasteiger partial charge is 0.254 e. The van der Waals surface area contributed by atoms with E-state index in [1.807, 2.05) is 11.8 Å². The lowest BCUT2D eigenvalue weighted by Crippen LogP contribution is -2.52. The first-order valence-electron chi connectivity index (χ1n) is 5.91. The zero-order valence-corrected chi connectivity index (χ0v) is 10.2. The lowest BCUT2D eigenvalue weighted by Gasteiger charge is -2.34. The van der Waals surface area contributed by atoms with Gasteiger partial charge in [0, 0.05) is 36.8 Å². The van der Waals surface area contributed by atoms with Crippen molar-refractivity contribution in [1.82, 2.24) is 10.2 Å². The van der Waals surface area contributed by atoms with Crippen molar-refractivity contribution >= 4 is 5.91 Å². The van der Waals surface area contributed by atoms with E-state index in [2.05, 4.69) is 5.32 Å². The van der Waals surface area contributed by atoms with Crippen LogP contribution in [0.5, 0.6) is 5.75 Å². The number of nitrogens with one attached hydrogen (secondary N) is 1. The first-order valence-corrected chi connectivity index (χ1v) is 5.91. The quantitative estimate of drug-likeness (QED) is 0.766. The van der Waals surface area contributed by atoms with Crippen LogP contribution in [-0.4, -0.2) is 41.6 Å². The van der Waals surface area contributed by atoms with Gasteiger partial charge in [-0.05, 0) is 26.0 Å². The number of amides is 1. The predicted octanol–water partition coefficient (Wildman–Crippen LogP) is 1.13. The van der Waals surface area contributed by atoms with Gasteiger partial charge >= 0.3 is 0 Å². The van der Waals surface area contributed by atoms with Crippen molar-refractivity contribution in [3.63, 3.8) is 0 Å². The monoisotopic (exact) mass is 234 g/mol. The number of carbonyl (C=O) groups is 1. The zero-order valence-electron chi connectivity index (χ0n) is 10.2. The second-order valence-corrected chi connectivity index (χ2v) is 4.50. The summed E-state index contributed by atoms with van der Waals surface area (Å²) in [5.74, 6) is 0.186. The number of hydrogen-bond donors (Lipinski definition) is 2. The van der Waals surface area contributed by atoms with Crippen LogP contribution in [0.25, 0.3) is 0 Å². The Morgan fingerprint density at radius 1 is 1.53 bits per heavy atom. The zero-order chi connectivity index (χ0) is 12.4. The van der Waals surface area contributed by atoms with Crippen LogP contribution < -0.4 is 5.32 Å². The normalized spacial score (nSPS) is 20.4. The molecule has 17 heavy (non-hydrogen) atoms. The largest absolute Gasteiger partial charge is 0.508 e. The number of hydrogen-bond acceptors (Lipinski definition) is 3. The fraction of sp³-hybridized carbons (Fsp3) is 0.462. The summed E-state index contributed by atoms with van der Waals surface area (Å²) in [5.41, 5.74) is 1.25. The molecule has 1 fully saturated rings. The summed E-state index contributed by atoms with van der Waals surface area (Å²) in [6.45, 7) is 6.17. The van der Waals surface area contributed by atoms with Crippen molar-refractivity contribution in [1.29, 1.82) is 0 Å². The number of benzene rings is 1. The van der Waals surface area contributed by atoms with E-state index in [0.29, 0.717) is 11.1 Å². The highest BCUT2D eigenvalue weighted by Gasteiger charge is 2.25. The Kier molecular flexibility index (Phi) is 3.33. The number of phenols is 1. The topological polar surface area (TPSA) is 52.6 Å². The number of rotatable bonds is 1. The molecule has 1 aromatic carbocycles. The van der Waals surface area contributed by atoms with Crippen molar-refractivity contribution in [2.75, 3.05) is 19.6 Å². The van der Waals surface area contributed by atoms with Crippen LogP contribution in [0.2, 0.25) is 0 Å². The van der Waals surface area contributed by atoms with Crippen LogP contribution >= 0.6 is 0 Å². The third-order valence-electron chi connectivity index (χ3n) is 3.30. The van der Waals surface area contributed by atoms with Crippen LogP contribution in [0.4, 0.5) is 0 Å². The van der Waals surface area contributed by atoms with E-state index in [1.54, 1.807) is 25.1 Å². The third-order valence-corrected chi connectivity index (χ3v) is 3.30. The van der Waals surface area contributed by atoms with E-state index in [9.17, 15) is 9.90 Å². The molecule has 1 aromatic rings. The average Bonchev–Trinajstić information content (AvgIpc) is 2.32. The van der Waals surface area contributed by atoms with E-state index in [0.717, 1.165) is 19.6 Å². The van der Waals surface area contributed by atoms with E-state index in [4.69, 9.17) is 0 Å². The third kappa shape index (κ3) is 2.26. The SMILES string of the molecule is Cc1c(O)cccc1C(=O)N1CCNC[C@H]1C. The molecule has 0 radical (unpaired) electrons. The summed E-state index contributed by atoms with van der Waals surface area (Å²) < 4.78 is 0. The Labute approximate surface area is 101 Å². The lowest BCUT2D eigenvalue weighted by molar-refractivity contribution is 0.0654. The summed E-state index contributed by atoms with van der Waals surface area (Å²) in [7, 11) is 0. The molecule has 0 unspecified atom stereocenters. The highest BCUT2D eigenvalue weighted by molar-refractivity contribution is 5.96. The number of piperazine rings is 1. The number of carbonyl (C=O) groups excluding carboxylic acids is 1. The average molecular weight is 234 g/mol. The first-order chi connectivity index (χ1) is 8.11. The summed E-state index contributed by atoms with van der Waals surface area (Å²) in [6, 6.07) is 5.28. The molecule has 4 heteroatoms. The molecule has 0 aromatic heterocycles. The van der Waals surface area contributed by atoms with Crippen molar-refractivity contribution in [3.05, 3.63) is 29.3 Å². The van der Waals surface area contributed by atoms with Gasteiger partial charge in [-0.25, -0.2) is 0 Å². The minimum Gasteiger partial charge on any atom is -0.508 e. The van der Waals surface area contributed by atoms with Crippen LogP contribution in [0.15, 0.2) is 18.2 Å². The minimum absolute atomic E-state index is 0.00685. The molecule has 1 heterocycles. The van der Waals surface area contributed by atoms with Crippen LogP contribution in [0.3, 0.4) is 0 Å². The molecule has 4 nitrogen and oxygen atoms in total. The molecule has 0 aliphatic carbocycles. The van der Waals surface area contributed by atoms with Gasteiger partial charge in [-0.15, -0.1) is 0 Å². The molecular formula is C13H18N2O2. The van der Waals surface area contributed by atoms with Gasteiger partial charge < -0.3 is 15.3 Å². The van der Waals surface area contributed by atoms with Gasteiger partial charge in [0.25, 0.3) is 5.91 Å². The highest BCUT2D eigenvalue weighted by atomic mass is 16.3. The Hall–Kier alpha value is -1.55. The maximum atomic E-state index is 12.4. The second kappa shape index (κ2) is 4.75. The predicted molar refractivity (Wildman–Crippen MR) is 66.2 cm³/mol. The van der Waals surface area contributed by atoms with Gasteiger partial charge in [0.2, 0.25) is 0 Å². The molecular weight excluding hydrogens is 216 g/mol. The van der Waals surface area contributed by atoms with Crippen molar-refractivity contribution in [3.8, 4) is 5.75 Å². The second-order valence-electron chi connectivity index (χ2n) is 4.50. The van der Waals surface area contributed by atoms with Gasteiger partial charge in [-0.1, -0.05) is 6.07 Å².